The van der Waals surface area contributed by atoms with Crippen molar-refractivity contribution in [3.8, 4) is 0 Å². The standard InChI is InChI=1S/C19H23N3O3S.ClH/c1-2-20-13-15-5-3-4-6-18(15)21-19(23)14-7-11-17(12-8-14)26(24,25)22-16-9-10-16;/h3-8,11-12,16,20,22H,2,9-10,13H2,1H3,(H,21,23);1H. The lowest BCUT2D eigenvalue weighted by atomic mass is 10.1. The van der Waals surface area contributed by atoms with Gasteiger partial charge >= 0.3 is 0 Å². The van der Waals surface area contributed by atoms with Crippen molar-refractivity contribution in [3.05, 3.63) is 59.7 Å². The molecule has 0 unspecified atom stereocenters. The number of carbonyl (C=O) groups is 1. The lowest BCUT2D eigenvalue weighted by molar-refractivity contribution is 0.102. The van der Waals surface area contributed by atoms with E-state index in [4.69, 9.17) is 0 Å². The number of halogens is 1. The first kappa shape index (κ1) is 21.4. The highest BCUT2D eigenvalue weighted by atomic mass is 35.5. The maximum absolute atomic E-state index is 12.5. The summed E-state index contributed by atoms with van der Waals surface area (Å²) < 4.78 is 27.0. The van der Waals surface area contributed by atoms with Crippen LogP contribution in [0.1, 0.15) is 35.7 Å². The maximum atomic E-state index is 12.5. The number of hydrogen-bond acceptors (Lipinski definition) is 4. The Hall–Kier alpha value is -1.93. The molecule has 146 valence electrons. The normalized spacial score (nSPS) is 13.7. The van der Waals surface area contributed by atoms with Crippen LogP contribution in [0, 0.1) is 0 Å². The first-order valence-corrected chi connectivity index (χ1v) is 10.2. The number of nitrogens with one attached hydrogen (secondary N) is 3. The van der Waals surface area contributed by atoms with Crippen LogP contribution in [0.15, 0.2) is 53.4 Å². The largest absolute Gasteiger partial charge is 0.322 e. The van der Waals surface area contributed by atoms with Crippen LogP contribution in [0.4, 0.5) is 5.69 Å². The predicted molar refractivity (Wildman–Crippen MR) is 109 cm³/mol. The van der Waals surface area contributed by atoms with Crippen LogP contribution in [0.25, 0.3) is 0 Å². The van der Waals surface area contributed by atoms with Crippen molar-refractivity contribution >= 4 is 34.0 Å². The highest BCUT2D eigenvalue weighted by Gasteiger charge is 2.27. The van der Waals surface area contributed by atoms with Crippen LogP contribution in [-0.4, -0.2) is 26.9 Å². The number of rotatable bonds is 8. The molecule has 0 heterocycles. The van der Waals surface area contributed by atoms with Gasteiger partial charge < -0.3 is 10.6 Å². The number of carbonyl (C=O) groups excluding carboxylic acids is 1. The number of amides is 1. The smallest absolute Gasteiger partial charge is 0.255 e. The molecule has 1 amide bonds. The van der Waals surface area contributed by atoms with E-state index in [2.05, 4.69) is 15.4 Å². The quantitative estimate of drug-likeness (QED) is 0.625. The number of para-hydroxylation sites is 1. The highest BCUT2D eigenvalue weighted by molar-refractivity contribution is 7.89. The highest BCUT2D eigenvalue weighted by Crippen LogP contribution is 2.22. The van der Waals surface area contributed by atoms with Gasteiger partial charge in [0.2, 0.25) is 10.0 Å². The molecule has 3 N–H and O–H groups in total. The lowest BCUT2D eigenvalue weighted by Gasteiger charge is -2.12. The van der Waals surface area contributed by atoms with Gasteiger partial charge in [-0.2, -0.15) is 0 Å². The Morgan fingerprint density at radius 1 is 1.07 bits per heavy atom. The molecular formula is C19H24ClN3O3S. The van der Waals surface area contributed by atoms with Crippen LogP contribution in [0.2, 0.25) is 0 Å². The van der Waals surface area contributed by atoms with E-state index in [-0.39, 0.29) is 29.3 Å². The second kappa shape index (κ2) is 9.32. The van der Waals surface area contributed by atoms with Crippen LogP contribution in [-0.2, 0) is 16.6 Å². The molecule has 6 nitrogen and oxygen atoms in total. The topological polar surface area (TPSA) is 87.3 Å². The second-order valence-electron chi connectivity index (χ2n) is 6.31. The van der Waals surface area contributed by atoms with Crippen molar-refractivity contribution < 1.29 is 13.2 Å². The molecule has 1 fully saturated rings. The van der Waals surface area contributed by atoms with Crippen molar-refractivity contribution in [3.63, 3.8) is 0 Å². The van der Waals surface area contributed by atoms with Crippen LogP contribution >= 0.6 is 12.4 Å². The molecule has 0 aromatic heterocycles. The van der Waals surface area contributed by atoms with Crippen molar-refractivity contribution in [2.24, 2.45) is 0 Å². The van der Waals surface area contributed by atoms with E-state index in [1.54, 1.807) is 0 Å². The Balaban J connectivity index is 0.00000261. The fourth-order valence-electron chi connectivity index (χ4n) is 2.52. The van der Waals surface area contributed by atoms with E-state index in [1.807, 2.05) is 31.2 Å². The minimum absolute atomic E-state index is 0. The van der Waals surface area contributed by atoms with E-state index in [0.717, 1.165) is 30.6 Å². The molecule has 0 atom stereocenters. The van der Waals surface area contributed by atoms with Gasteiger partial charge in [-0.15, -0.1) is 12.4 Å². The molecule has 8 heteroatoms. The third kappa shape index (κ3) is 5.77. The van der Waals surface area contributed by atoms with Gasteiger partial charge in [-0.05, 0) is 55.3 Å². The zero-order chi connectivity index (χ0) is 18.6. The van der Waals surface area contributed by atoms with Crippen molar-refractivity contribution in [2.75, 3.05) is 11.9 Å². The van der Waals surface area contributed by atoms with Gasteiger partial charge in [0.1, 0.15) is 0 Å². The zero-order valence-corrected chi connectivity index (χ0v) is 16.7. The summed E-state index contributed by atoms with van der Waals surface area (Å²) in [7, 11) is -3.51. The fourth-order valence-corrected chi connectivity index (χ4v) is 3.83. The van der Waals surface area contributed by atoms with Gasteiger partial charge in [0, 0.05) is 23.8 Å². The summed E-state index contributed by atoms with van der Waals surface area (Å²) in [5.74, 6) is -0.270. The summed E-state index contributed by atoms with van der Waals surface area (Å²) in [5.41, 5.74) is 2.15. The molecule has 0 saturated heterocycles. The van der Waals surface area contributed by atoms with Crippen molar-refractivity contribution in [1.82, 2.24) is 10.0 Å². The third-order valence-corrected chi connectivity index (χ3v) is 5.69. The average Bonchev–Trinajstić information content (AvgIpc) is 3.44. The summed E-state index contributed by atoms with van der Waals surface area (Å²) in [6.45, 7) is 3.53. The molecule has 1 aliphatic rings. The van der Waals surface area contributed by atoms with Crippen molar-refractivity contribution in [2.45, 2.75) is 37.2 Å². The van der Waals surface area contributed by atoms with E-state index in [9.17, 15) is 13.2 Å². The Labute approximate surface area is 166 Å². The fraction of sp³-hybridized carbons (Fsp3) is 0.316. The lowest BCUT2D eigenvalue weighted by Crippen LogP contribution is -2.25. The van der Waals surface area contributed by atoms with Gasteiger partial charge in [-0.1, -0.05) is 25.1 Å². The number of sulfonamides is 1. The SMILES string of the molecule is CCNCc1ccccc1NC(=O)c1ccc(S(=O)(=O)NC2CC2)cc1.Cl. The molecular weight excluding hydrogens is 386 g/mol. The molecule has 2 aromatic carbocycles. The summed E-state index contributed by atoms with van der Waals surface area (Å²) in [6.07, 6.45) is 1.76. The molecule has 0 aliphatic heterocycles. The molecule has 1 aliphatic carbocycles. The summed E-state index contributed by atoms with van der Waals surface area (Å²) >= 11 is 0. The summed E-state index contributed by atoms with van der Waals surface area (Å²) in [5, 5.41) is 6.13. The zero-order valence-electron chi connectivity index (χ0n) is 15.1. The summed E-state index contributed by atoms with van der Waals surface area (Å²) in [4.78, 5) is 12.7. The van der Waals surface area contributed by atoms with Gasteiger partial charge in [0.25, 0.3) is 5.91 Å². The molecule has 0 spiro atoms. The molecule has 3 rings (SSSR count). The van der Waals surface area contributed by atoms with E-state index in [1.165, 1.54) is 24.3 Å². The number of benzene rings is 2. The number of hydrogen-bond donors (Lipinski definition) is 3. The molecule has 2 aromatic rings. The Morgan fingerprint density at radius 3 is 2.37 bits per heavy atom. The number of anilines is 1. The minimum Gasteiger partial charge on any atom is -0.322 e. The first-order chi connectivity index (χ1) is 12.5. The molecule has 1 saturated carbocycles. The Bertz CT molecular complexity index is 881. The molecule has 0 bridgehead atoms. The van der Waals surface area contributed by atoms with Gasteiger partial charge in [0.15, 0.2) is 0 Å². The van der Waals surface area contributed by atoms with E-state index in [0.29, 0.717) is 12.1 Å². The van der Waals surface area contributed by atoms with Gasteiger partial charge in [-0.3, -0.25) is 4.79 Å². The van der Waals surface area contributed by atoms with E-state index >= 15 is 0 Å². The van der Waals surface area contributed by atoms with Crippen LogP contribution in [0.3, 0.4) is 0 Å². The average molecular weight is 410 g/mol. The summed E-state index contributed by atoms with van der Waals surface area (Å²) in [6, 6.07) is 13.6. The third-order valence-electron chi connectivity index (χ3n) is 4.16. The monoisotopic (exact) mass is 409 g/mol. The van der Waals surface area contributed by atoms with E-state index < -0.39 is 10.0 Å². The first-order valence-electron chi connectivity index (χ1n) is 8.72. The minimum atomic E-state index is -3.51. The van der Waals surface area contributed by atoms with Crippen LogP contribution in [0.5, 0.6) is 0 Å². The maximum Gasteiger partial charge on any atom is 0.255 e. The van der Waals surface area contributed by atoms with Gasteiger partial charge in [-0.25, -0.2) is 13.1 Å². The Morgan fingerprint density at radius 2 is 1.74 bits per heavy atom. The molecule has 27 heavy (non-hydrogen) atoms. The molecule has 0 radical (unpaired) electrons. The van der Waals surface area contributed by atoms with Crippen LogP contribution < -0.4 is 15.4 Å². The van der Waals surface area contributed by atoms with Crippen molar-refractivity contribution in [1.29, 1.82) is 0 Å². The van der Waals surface area contributed by atoms with Gasteiger partial charge in [0.05, 0.1) is 4.90 Å². The predicted octanol–water partition coefficient (Wildman–Crippen LogP) is 2.91. The second-order valence-corrected chi connectivity index (χ2v) is 8.03. The Kier molecular flexibility index (Phi) is 7.38.